The molecule has 0 fully saturated rings. The molecule has 0 spiro atoms. The maximum absolute atomic E-state index is 5.08. The van der Waals surface area contributed by atoms with Crippen LogP contribution in [-0.2, 0) is 6.42 Å². The van der Waals surface area contributed by atoms with Gasteiger partial charge < -0.3 is 15.2 Å². The number of aryl methyl sites for hydroxylation is 2. The van der Waals surface area contributed by atoms with E-state index in [1.165, 1.54) is 18.6 Å². The molecule has 0 unspecified atom stereocenters. The molecule has 0 radical (unpaired) electrons. The van der Waals surface area contributed by atoms with E-state index in [4.69, 9.17) is 4.52 Å². The summed E-state index contributed by atoms with van der Waals surface area (Å²) in [6, 6.07) is 0. The molecule has 0 bridgehead atoms. The van der Waals surface area contributed by atoms with Crippen molar-refractivity contribution < 1.29 is 4.52 Å². The van der Waals surface area contributed by atoms with Crippen LogP contribution in [0.3, 0.4) is 0 Å². The third-order valence-electron chi connectivity index (χ3n) is 2.80. The highest BCUT2D eigenvalue weighted by atomic mass is 127. The van der Waals surface area contributed by atoms with E-state index in [0.29, 0.717) is 11.7 Å². The average molecular weight is 441 g/mol. The largest absolute Gasteiger partial charge is 0.357 e. The number of guanidine groups is 1. The van der Waals surface area contributed by atoms with Crippen LogP contribution in [0, 0.1) is 6.92 Å². The zero-order valence-electron chi connectivity index (χ0n) is 13.7. The van der Waals surface area contributed by atoms with Gasteiger partial charge in [-0.15, -0.1) is 24.0 Å². The van der Waals surface area contributed by atoms with Crippen molar-refractivity contribution in [3.05, 3.63) is 11.7 Å². The predicted molar refractivity (Wildman–Crippen MR) is 104 cm³/mol. The summed E-state index contributed by atoms with van der Waals surface area (Å²) in [5.41, 5.74) is 0. The number of nitrogens with zero attached hydrogens (tertiary/aromatic N) is 3. The van der Waals surface area contributed by atoms with Crippen LogP contribution in [0.4, 0.5) is 0 Å². The summed E-state index contributed by atoms with van der Waals surface area (Å²) in [6.45, 7) is 6.50. The molecule has 1 rings (SSSR count). The highest BCUT2D eigenvalue weighted by molar-refractivity contribution is 14.0. The Balaban J connectivity index is 0.00000441. The van der Waals surface area contributed by atoms with Crippen LogP contribution in [-0.4, -0.2) is 47.7 Å². The van der Waals surface area contributed by atoms with Gasteiger partial charge in [-0.05, 0) is 45.1 Å². The van der Waals surface area contributed by atoms with Gasteiger partial charge in [0.1, 0.15) is 0 Å². The minimum absolute atomic E-state index is 0. The Kier molecular flexibility index (Phi) is 13.8. The summed E-state index contributed by atoms with van der Waals surface area (Å²) >= 11 is 1.89. The number of aliphatic imine (C=N–C) groups is 1. The normalized spacial score (nSPS) is 11.1. The monoisotopic (exact) mass is 441 g/mol. The van der Waals surface area contributed by atoms with Gasteiger partial charge in [0.2, 0.25) is 5.89 Å². The lowest BCUT2D eigenvalue weighted by atomic mass is 10.3. The fourth-order valence-corrected chi connectivity index (χ4v) is 2.28. The molecule has 8 heteroatoms. The first-order valence-electron chi connectivity index (χ1n) is 7.56. The van der Waals surface area contributed by atoms with Crippen molar-refractivity contribution in [2.24, 2.45) is 4.99 Å². The molecule has 128 valence electrons. The minimum Gasteiger partial charge on any atom is -0.357 e. The van der Waals surface area contributed by atoms with Crippen LogP contribution in [0.1, 0.15) is 37.9 Å². The van der Waals surface area contributed by atoms with Gasteiger partial charge in [-0.1, -0.05) is 5.16 Å². The van der Waals surface area contributed by atoms with Crippen LogP contribution in [0.15, 0.2) is 9.52 Å². The second-order valence-corrected chi connectivity index (χ2v) is 5.71. The Hall–Kier alpha value is -0.510. The predicted octanol–water partition coefficient (Wildman–Crippen LogP) is 2.63. The van der Waals surface area contributed by atoms with Gasteiger partial charge in [0.25, 0.3) is 0 Å². The van der Waals surface area contributed by atoms with E-state index in [1.807, 2.05) is 18.7 Å². The molecule has 6 nitrogen and oxygen atoms in total. The molecule has 2 N–H and O–H groups in total. The summed E-state index contributed by atoms with van der Waals surface area (Å²) in [5.74, 6) is 3.49. The van der Waals surface area contributed by atoms with E-state index in [0.717, 1.165) is 38.4 Å². The number of nitrogens with one attached hydrogen (secondary N) is 2. The molecule has 0 saturated heterocycles. The number of aromatic nitrogens is 2. The maximum Gasteiger partial charge on any atom is 0.226 e. The van der Waals surface area contributed by atoms with Crippen LogP contribution >= 0.6 is 35.7 Å². The Labute approximate surface area is 154 Å². The minimum atomic E-state index is 0. The second kappa shape index (κ2) is 14.1. The van der Waals surface area contributed by atoms with E-state index in [9.17, 15) is 0 Å². The van der Waals surface area contributed by atoms with Crippen LogP contribution in [0.5, 0.6) is 0 Å². The summed E-state index contributed by atoms with van der Waals surface area (Å²) < 4.78 is 5.08. The first-order valence-corrected chi connectivity index (χ1v) is 8.96. The van der Waals surface area contributed by atoms with E-state index in [1.54, 1.807) is 0 Å². The van der Waals surface area contributed by atoms with Gasteiger partial charge in [-0.2, -0.15) is 16.7 Å². The van der Waals surface area contributed by atoms with Crippen molar-refractivity contribution in [2.75, 3.05) is 31.6 Å². The fourth-order valence-electron chi connectivity index (χ4n) is 1.78. The first kappa shape index (κ1) is 21.5. The third kappa shape index (κ3) is 10.3. The molecule has 0 amide bonds. The van der Waals surface area contributed by atoms with Gasteiger partial charge in [-0.3, -0.25) is 4.99 Å². The smallest absolute Gasteiger partial charge is 0.226 e. The summed E-state index contributed by atoms with van der Waals surface area (Å²) in [7, 11) is 0. The lowest BCUT2D eigenvalue weighted by molar-refractivity contribution is 0.372. The van der Waals surface area contributed by atoms with Crippen LogP contribution in [0.25, 0.3) is 0 Å². The Morgan fingerprint density at radius 1 is 1.27 bits per heavy atom. The van der Waals surface area contributed by atoms with Crippen molar-refractivity contribution in [1.29, 1.82) is 0 Å². The van der Waals surface area contributed by atoms with Crippen molar-refractivity contribution >= 4 is 41.7 Å². The molecule has 0 aliphatic carbocycles. The third-order valence-corrected chi connectivity index (χ3v) is 3.50. The van der Waals surface area contributed by atoms with Gasteiger partial charge in [0.05, 0.1) is 0 Å². The molecule has 0 saturated carbocycles. The Morgan fingerprint density at radius 2 is 2.09 bits per heavy atom. The van der Waals surface area contributed by atoms with Crippen molar-refractivity contribution in [2.45, 2.75) is 39.5 Å². The van der Waals surface area contributed by atoms with E-state index in [-0.39, 0.29) is 24.0 Å². The highest BCUT2D eigenvalue weighted by Gasteiger charge is 2.02. The molecule has 1 heterocycles. The van der Waals surface area contributed by atoms with Crippen LogP contribution in [0.2, 0.25) is 0 Å². The molecule has 0 aromatic carbocycles. The molecule has 0 atom stereocenters. The summed E-state index contributed by atoms with van der Waals surface area (Å²) in [5, 5.41) is 10.4. The Bertz CT molecular complexity index is 414. The van der Waals surface area contributed by atoms with Gasteiger partial charge in [0.15, 0.2) is 11.8 Å². The first-order chi connectivity index (χ1) is 10.3. The lowest BCUT2D eigenvalue weighted by Crippen LogP contribution is -2.37. The topological polar surface area (TPSA) is 75.3 Å². The van der Waals surface area contributed by atoms with Gasteiger partial charge in [-0.25, -0.2) is 0 Å². The number of unbranched alkanes of at least 4 members (excludes halogenated alkanes) is 1. The van der Waals surface area contributed by atoms with E-state index >= 15 is 0 Å². The molecular weight excluding hydrogens is 413 g/mol. The Morgan fingerprint density at radius 3 is 2.73 bits per heavy atom. The van der Waals surface area contributed by atoms with E-state index < -0.39 is 0 Å². The number of hydrogen-bond acceptors (Lipinski definition) is 5. The molecule has 0 aliphatic rings. The summed E-state index contributed by atoms with van der Waals surface area (Å²) in [6.07, 6.45) is 6.24. The van der Waals surface area contributed by atoms with E-state index in [2.05, 4.69) is 38.9 Å². The molecule has 1 aromatic heterocycles. The number of rotatable bonds is 10. The second-order valence-electron chi connectivity index (χ2n) is 4.73. The van der Waals surface area contributed by atoms with Gasteiger partial charge in [0, 0.05) is 26.1 Å². The number of halogens is 1. The molecule has 0 aliphatic heterocycles. The molecule has 22 heavy (non-hydrogen) atoms. The SMILES string of the molecule is CCNC(=NCCCc1nc(C)no1)NCCCCSC.I. The number of hydrogen-bond donors (Lipinski definition) is 2. The van der Waals surface area contributed by atoms with Crippen molar-refractivity contribution in [1.82, 2.24) is 20.8 Å². The fraction of sp³-hybridized carbons (Fsp3) is 0.786. The standard InChI is InChI=1S/C14H27N5OS.HI/c1-4-15-14(16-9-5-6-11-21-3)17-10-7-8-13-18-12(2)19-20-13;/h4-11H2,1-3H3,(H2,15,16,17);1H. The average Bonchev–Trinajstić information content (AvgIpc) is 2.88. The lowest BCUT2D eigenvalue weighted by Gasteiger charge is -2.10. The number of thioether (sulfide) groups is 1. The molecular formula is C14H28IN5OS. The van der Waals surface area contributed by atoms with Crippen LogP contribution < -0.4 is 10.6 Å². The summed E-state index contributed by atoms with van der Waals surface area (Å²) in [4.78, 5) is 8.73. The van der Waals surface area contributed by atoms with Gasteiger partial charge >= 0.3 is 0 Å². The van der Waals surface area contributed by atoms with Crippen molar-refractivity contribution in [3.63, 3.8) is 0 Å². The quantitative estimate of drug-likeness (QED) is 0.252. The maximum atomic E-state index is 5.08. The van der Waals surface area contributed by atoms with Crippen molar-refractivity contribution in [3.8, 4) is 0 Å². The molecule has 1 aromatic rings. The highest BCUT2D eigenvalue weighted by Crippen LogP contribution is 2.00. The zero-order chi connectivity index (χ0) is 15.3. The zero-order valence-corrected chi connectivity index (χ0v) is 16.9.